The summed E-state index contributed by atoms with van der Waals surface area (Å²) in [5.41, 5.74) is 4.73. The van der Waals surface area contributed by atoms with Crippen molar-refractivity contribution in [1.29, 1.82) is 0 Å². The van der Waals surface area contributed by atoms with Crippen molar-refractivity contribution in [3.63, 3.8) is 0 Å². The summed E-state index contributed by atoms with van der Waals surface area (Å²) in [6, 6.07) is 12.7. The number of carbonyl (C=O) groups is 2. The molecule has 1 unspecified atom stereocenters. The predicted molar refractivity (Wildman–Crippen MR) is 201 cm³/mol. The minimum Gasteiger partial charge on any atom is -0.493 e. The molecule has 5 aromatic rings. The monoisotopic (exact) mass is 738 g/mol. The number of benzene rings is 2. The molecule has 3 aromatic heterocycles. The standard InChI is InChI=1S/C41H40F2N4O5S/c1-5-15-50-34-20-28(43)7-9-30(34)38-31-12-16-53-39(31)36(29-8-6-27(42)19-33(29)51-23-24-10-13-44-35(48)17-24)37(46-38)25-18-26-22-47(14-11-32(26)45-21-25)40(49)52-41(2,3)4/h5-9,12,16,18-21,24H,1,10-11,13-15,17,22-23H2,2-4H3,(H,44,48). The van der Waals surface area contributed by atoms with Gasteiger partial charge in [0.15, 0.2) is 0 Å². The molecule has 2 aliphatic rings. The van der Waals surface area contributed by atoms with E-state index in [0.29, 0.717) is 77.6 Å². The van der Waals surface area contributed by atoms with Crippen molar-refractivity contribution < 1.29 is 32.6 Å². The summed E-state index contributed by atoms with van der Waals surface area (Å²) in [5.74, 6) is -0.349. The van der Waals surface area contributed by atoms with E-state index in [1.165, 1.54) is 35.6 Å². The second-order valence-corrected chi connectivity index (χ2v) is 15.1. The van der Waals surface area contributed by atoms with Crippen LogP contribution < -0.4 is 14.8 Å². The number of aromatic nitrogens is 2. The van der Waals surface area contributed by atoms with Crippen LogP contribution in [0, 0.1) is 17.6 Å². The third kappa shape index (κ3) is 7.87. The maximum absolute atomic E-state index is 15.0. The Morgan fingerprint density at radius 2 is 1.81 bits per heavy atom. The third-order valence-corrected chi connectivity index (χ3v) is 10.1. The molecule has 0 spiro atoms. The van der Waals surface area contributed by atoms with Gasteiger partial charge in [-0.25, -0.2) is 18.6 Å². The van der Waals surface area contributed by atoms with Crippen molar-refractivity contribution in [2.45, 2.75) is 52.2 Å². The highest BCUT2D eigenvalue weighted by Crippen LogP contribution is 2.47. The number of hydrogen-bond donors (Lipinski definition) is 1. The van der Waals surface area contributed by atoms with Gasteiger partial charge in [-0.3, -0.25) is 9.78 Å². The molecule has 1 atom stereocenters. The summed E-state index contributed by atoms with van der Waals surface area (Å²) in [5, 5.41) is 5.58. The highest BCUT2D eigenvalue weighted by Gasteiger charge is 2.29. The number of nitrogens with one attached hydrogen (secondary N) is 1. The summed E-state index contributed by atoms with van der Waals surface area (Å²) in [4.78, 5) is 37.0. The number of fused-ring (bicyclic) bond motifs is 2. The minimum atomic E-state index is -0.643. The molecule has 1 fully saturated rings. The van der Waals surface area contributed by atoms with Gasteiger partial charge in [-0.1, -0.05) is 12.7 Å². The van der Waals surface area contributed by atoms with Gasteiger partial charge in [0, 0.05) is 88.2 Å². The number of nitrogens with zero attached hydrogens (tertiary/aromatic N) is 3. The molecule has 12 heteroatoms. The van der Waals surface area contributed by atoms with Crippen LogP contribution in [-0.2, 0) is 22.5 Å². The molecule has 53 heavy (non-hydrogen) atoms. The van der Waals surface area contributed by atoms with E-state index in [2.05, 4.69) is 11.9 Å². The number of rotatable bonds is 9. The van der Waals surface area contributed by atoms with Gasteiger partial charge in [0.05, 0.1) is 24.5 Å². The Kier molecular flexibility index (Phi) is 10.2. The fourth-order valence-corrected chi connectivity index (χ4v) is 7.67. The van der Waals surface area contributed by atoms with Crippen LogP contribution in [0.2, 0.25) is 0 Å². The van der Waals surface area contributed by atoms with Gasteiger partial charge < -0.3 is 24.4 Å². The number of amides is 2. The zero-order chi connectivity index (χ0) is 37.3. The lowest BCUT2D eigenvalue weighted by molar-refractivity contribution is -0.123. The van der Waals surface area contributed by atoms with Crippen LogP contribution in [0.5, 0.6) is 11.5 Å². The van der Waals surface area contributed by atoms with Gasteiger partial charge in [0.25, 0.3) is 0 Å². The molecule has 7 rings (SSSR count). The van der Waals surface area contributed by atoms with E-state index in [1.54, 1.807) is 29.3 Å². The molecule has 5 heterocycles. The summed E-state index contributed by atoms with van der Waals surface area (Å²) < 4.78 is 48.3. The summed E-state index contributed by atoms with van der Waals surface area (Å²) in [6.45, 7) is 11.0. The summed E-state index contributed by atoms with van der Waals surface area (Å²) in [6.07, 6.45) is 4.59. The first-order valence-corrected chi connectivity index (χ1v) is 18.5. The number of carbonyl (C=O) groups excluding carboxylic acids is 2. The van der Waals surface area contributed by atoms with Gasteiger partial charge in [0.2, 0.25) is 5.91 Å². The number of thiophene rings is 1. The van der Waals surface area contributed by atoms with Gasteiger partial charge >= 0.3 is 6.09 Å². The number of hydrogen-bond acceptors (Lipinski definition) is 8. The van der Waals surface area contributed by atoms with E-state index in [1.807, 2.05) is 38.3 Å². The quantitative estimate of drug-likeness (QED) is 0.151. The highest BCUT2D eigenvalue weighted by atomic mass is 32.1. The van der Waals surface area contributed by atoms with E-state index < -0.39 is 23.3 Å². The van der Waals surface area contributed by atoms with Crippen molar-refractivity contribution in [2.24, 2.45) is 5.92 Å². The number of ether oxygens (including phenoxy) is 3. The van der Waals surface area contributed by atoms with Gasteiger partial charge in [0.1, 0.15) is 35.3 Å². The first-order valence-electron chi connectivity index (χ1n) is 17.6. The van der Waals surface area contributed by atoms with Crippen molar-refractivity contribution in [2.75, 3.05) is 26.3 Å². The Bertz CT molecular complexity index is 2210. The smallest absolute Gasteiger partial charge is 0.410 e. The largest absolute Gasteiger partial charge is 0.493 e. The number of piperidine rings is 1. The van der Waals surface area contributed by atoms with E-state index in [-0.39, 0.29) is 25.0 Å². The average molecular weight is 739 g/mol. The molecule has 274 valence electrons. The molecule has 0 radical (unpaired) electrons. The lowest BCUT2D eigenvalue weighted by atomic mass is 9.94. The Labute approximate surface area is 310 Å². The lowest BCUT2D eigenvalue weighted by Gasteiger charge is -2.31. The first-order chi connectivity index (χ1) is 25.5. The summed E-state index contributed by atoms with van der Waals surface area (Å²) in [7, 11) is 0. The van der Waals surface area contributed by atoms with Crippen LogP contribution in [0.1, 0.15) is 44.9 Å². The molecule has 0 aliphatic carbocycles. The Hall–Kier alpha value is -5.36. The van der Waals surface area contributed by atoms with Gasteiger partial charge in [-0.2, -0.15) is 0 Å². The van der Waals surface area contributed by atoms with Gasteiger partial charge in [-0.05, 0) is 74.5 Å². The van der Waals surface area contributed by atoms with Crippen LogP contribution in [0.4, 0.5) is 13.6 Å². The molecule has 9 nitrogen and oxygen atoms in total. The predicted octanol–water partition coefficient (Wildman–Crippen LogP) is 8.73. The van der Waals surface area contributed by atoms with Crippen LogP contribution in [0.3, 0.4) is 0 Å². The molecule has 1 N–H and O–H groups in total. The molecule has 2 amide bonds. The van der Waals surface area contributed by atoms with Crippen LogP contribution in [0.25, 0.3) is 43.7 Å². The van der Waals surface area contributed by atoms with Gasteiger partial charge in [-0.15, -0.1) is 11.3 Å². The zero-order valence-electron chi connectivity index (χ0n) is 29.8. The summed E-state index contributed by atoms with van der Waals surface area (Å²) >= 11 is 1.49. The maximum atomic E-state index is 15.0. The second kappa shape index (κ2) is 14.9. The lowest BCUT2D eigenvalue weighted by Crippen LogP contribution is -2.40. The van der Waals surface area contributed by atoms with E-state index in [0.717, 1.165) is 27.8 Å². The Balaban J connectivity index is 1.40. The fourth-order valence-electron chi connectivity index (χ4n) is 6.71. The normalized spacial score (nSPS) is 15.8. The van der Waals surface area contributed by atoms with E-state index >= 15 is 0 Å². The molecule has 2 aromatic carbocycles. The zero-order valence-corrected chi connectivity index (χ0v) is 30.7. The van der Waals surface area contributed by atoms with Crippen LogP contribution in [-0.4, -0.2) is 58.8 Å². The van der Waals surface area contributed by atoms with Crippen molar-refractivity contribution in [1.82, 2.24) is 20.2 Å². The number of pyridine rings is 2. The SMILES string of the molecule is C=CCOc1cc(F)ccc1-c1nc(-c2cnc3c(c2)CN(C(=O)OC(C)(C)C)CC3)c(-c2ccc(F)cc2OCC2CCNC(=O)C2)c2sccc12. The molecular formula is C41H40F2N4O5S. The number of halogens is 2. The van der Waals surface area contributed by atoms with Crippen molar-refractivity contribution >= 4 is 33.4 Å². The Morgan fingerprint density at radius 3 is 2.55 bits per heavy atom. The van der Waals surface area contributed by atoms with E-state index in [9.17, 15) is 18.4 Å². The molecule has 2 aliphatic heterocycles. The molecule has 0 saturated carbocycles. The first kappa shape index (κ1) is 36.0. The topological polar surface area (TPSA) is 103 Å². The Morgan fingerprint density at radius 1 is 1.06 bits per heavy atom. The molecule has 1 saturated heterocycles. The fraction of sp³-hybridized carbons (Fsp3) is 0.317. The van der Waals surface area contributed by atoms with Crippen molar-refractivity contribution in [3.8, 4) is 45.1 Å². The second-order valence-electron chi connectivity index (χ2n) is 14.2. The minimum absolute atomic E-state index is 0.0215. The maximum Gasteiger partial charge on any atom is 0.410 e. The average Bonchev–Trinajstić information content (AvgIpc) is 3.62. The van der Waals surface area contributed by atoms with E-state index in [4.69, 9.17) is 24.2 Å². The van der Waals surface area contributed by atoms with Crippen LogP contribution in [0.15, 0.2) is 72.8 Å². The molecular weight excluding hydrogens is 699 g/mol. The highest BCUT2D eigenvalue weighted by molar-refractivity contribution is 7.18. The van der Waals surface area contributed by atoms with Crippen molar-refractivity contribution in [3.05, 3.63) is 95.7 Å². The van der Waals surface area contributed by atoms with Crippen LogP contribution >= 0.6 is 11.3 Å². The third-order valence-electron chi connectivity index (χ3n) is 9.16. The molecule has 0 bridgehead atoms.